The van der Waals surface area contributed by atoms with Crippen LogP contribution in [0.15, 0.2) is 18.2 Å². The van der Waals surface area contributed by atoms with Gasteiger partial charge in [-0.05, 0) is 31.5 Å². The normalized spacial score (nSPS) is 10.7. The van der Waals surface area contributed by atoms with Gasteiger partial charge in [0.2, 0.25) is 0 Å². The number of aromatic amines is 1. The second-order valence-corrected chi connectivity index (χ2v) is 5.19. The first kappa shape index (κ1) is 14.2. The van der Waals surface area contributed by atoms with Crippen LogP contribution in [0.1, 0.15) is 24.7 Å². The highest BCUT2D eigenvalue weighted by atomic mass is 35.5. The van der Waals surface area contributed by atoms with E-state index in [-0.39, 0.29) is 5.82 Å². The van der Waals surface area contributed by atoms with E-state index in [1.165, 1.54) is 6.07 Å². The molecule has 1 aromatic carbocycles. The van der Waals surface area contributed by atoms with E-state index in [0.717, 1.165) is 24.2 Å². The zero-order chi connectivity index (χ0) is 14.0. The van der Waals surface area contributed by atoms with E-state index in [2.05, 4.69) is 16.9 Å². The first-order chi connectivity index (χ1) is 9.02. The van der Waals surface area contributed by atoms with E-state index in [1.807, 2.05) is 6.92 Å². The van der Waals surface area contributed by atoms with Gasteiger partial charge in [-0.2, -0.15) is 0 Å². The van der Waals surface area contributed by atoms with E-state index in [1.54, 1.807) is 12.1 Å². The highest BCUT2D eigenvalue weighted by molar-refractivity contribution is 7.71. The molecule has 0 amide bonds. The van der Waals surface area contributed by atoms with Crippen LogP contribution in [0.2, 0.25) is 5.02 Å². The fraction of sp³-hybridized carbons (Fsp3) is 0.286. The van der Waals surface area contributed by atoms with Gasteiger partial charge in [0.25, 0.3) is 0 Å². The second-order valence-electron chi connectivity index (χ2n) is 4.36. The van der Waals surface area contributed by atoms with Crippen molar-refractivity contribution >= 4 is 23.8 Å². The van der Waals surface area contributed by atoms with Crippen molar-refractivity contribution in [2.24, 2.45) is 0 Å². The zero-order valence-corrected chi connectivity index (χ0v) is 12.3. The Labute approximate surface area is 121 Å². The number of hydrogen-bond acceptors (Lipinski definition) is 2. The monoisotopic (exact) mass is 296 g/mol. The Bertz CT molecular complexity index is 667. The molecular weight excluding hydrogens is 283 g/mol. The van der Waals surface area contributed by atoms with Crippen LogP contribution in [0.25, 0.3) is 11.3 Å². The molecular formula is C14H14ClFN2S. The lowest BCUT2D eigenvalue weighted by Gasteiger charge is -2.10. The van der Waals surface area contributed by atoms with Gasteiger partial charge in [-0.25, -0.2) is 9.37 Å². The van der Waals surface area contributed by atoms with Crippen LogP contribution < -0.4 is 0 Å². The van der Waals surface area contributed by atoms with E-state index >= 15 is 0 Å². The van der Waals surface area contributed by atoms with Crippen LogP contribution in [0.5, 0.6) is 0 Å². The molecule has 0 aliphatic rings. The third-order valence-electron chi connectivity index (χ3n) is 2.89. The van der Waals surface area contributed by atoms with E-state index < -0.39 is 0 Å². The minimum absolute atomic E-state index is 0.366. The van der Waals surface area contributed by atoms with E-state index in [0.29, 0.717) is 20.9 Å². The minimum Gasteiger partial charge on any atom is -0.343 e. The van der Waals surface area contributed by atoms with Crippen molar-refractivity contribution in [1.29, 1.82) is 0 Å². The van der Waals surface area contributed by atoms with Crippen LogP contribution in [-0.4, -0.2) is 9.97 Å². The molecule has 1 N–H and O–H groups in total. The first-order valence-electron chi connectivity index (χ1n) is 6.08. The topological polar surface area (TPSA) is 28.7 Å². The summed E-state index contributed by atoms with van der Waals surface area (Å²) in [5, 5.41) is 0.375. The molecule has 0 atom stereocenters. The summed E-state index contributed by atoms with van der Waals surface area (Å²) in [7, 11) is 0. The summed E-state index contributed by atoms with van der Waals surface area (Å²) in [6.07, 6.45) is 1.73. The molecule has 0 spiro atoms. The standard InChI is InChI=1S/C14H14ClFN2S/c1-3-4-12-17-13(8(2)14(19)18-12)10-6-5-9(15)7-11(10)16/h5-7H,3-4H2,1-2H3,(H,17,18,19). The molecule has 0 unspecified atom stereocenters. The molecule has 1 aromatic heterocycles. The molecule has 0 aliphatic carbocycles. The number of aromatic nitrogens is 2. The summed E-state index contributed by atoms with van der Waals surface area (Å²) in [6, 6.07) is 4.62. The number of nitrogens with zero attached hydrogens (tertiary/aromatic N) is 1. The quantitative estimate of drug-likeness (QED) is 0.819. The molecule has 2 rings (SSSR count). The number of halogens is 2. The lowest BCUT2D eigenvalue weighted by atomic mass is 10.1. The third-order valence-corrected chi connectivity index (χ3v) is 3.52. The molecule has 2 nitrogen and oxygen atoms in total. The number of nitrogens with one attached hydrogen (secondary N) is 1. The Morgan fingerprint density at radius 1 is 1.42 bits per heavy atom. The molecule has 0 fully saturated rings. The highest BCUT2D eigenvalue weighted by Crippen LogP contribution is 2.26. The first-order valence-corrected chi connectivity index (χ1v) is 6.86. The molecule has 2 aromatic rings. The van der Waals surface area contributed by atoms with Gasteiger partial charge < -0.3 is 4.98 Å². The molecule has 5 heteroatoms. The van der Waals surface area contributed by atoms with Crippen molar-refractivity contribution in [1.82, 2.24) is 9.97 Å². The van der Waals surface area contributed by atoms with Crippen molar-refractivity contribution in [2.45, 2.75) is 26.7 Å². The van der Waals surface area contributed by atoms with Gasteiger partial charge in [-0.15, -0.1) is 0 Å². The van der Waals surface area contributed by atoms with Crippen molar-refractivity contribution in [2.75, 3.05) is 0 Å². The molecule has 0 saturated carbocycles. The molecule has 0 aliphatic heterocycles. The van der Waals surface area contributed by atoms with Gasteiger partial charge in [-0.3, -0.25) is 0 Å². The maximum atomic E-state index is 14.0. The van der Waals surface area contributed by atoms with Crippen molar-refractivity contribution < 1.29 is 4.39 Å². The van der Waals surface area contributed by atoms with Gasteiger partial charge in [-0.1, -0.05) is 30.7 Å². The summed E-state index contributed by atoms with van der Waals surface area (Å²) in [5.74, 6) is 0.414. The molecule has 0 bridgehead atoms. The molecule has 19 heavy (non-hydrogen) atoms. The number of benzene rings is 1. The Kier molecular flexibility index (Phi) is 4.32. The van der Waals surface area contributed by atoms with Gasteiger partial charge in [0.15, 0.2) is 0 Å². The lowest BCUT2D eigenvalue weighted by molar-refractivity contribution is 0.630. The number of H-pyrrole nitrogens is 1. The summed E-state index contributed by atoms with van der Waals surface area (Å²) in [4.78, 5) is 7.48. The zero-order valence-electron chi connectivity index (χ0n) is 10.8. The number of aryl methyl sites for hydroxylation is 1. The van der Waals surface area contributed by atoms with Gasteiger partial charge in [0, 0.05) is 22.6 Å². The third kappa shape index (κ3) is 3.01. The van der Waals surface area contributed by atoms with Crippen LogP contribution in [0.4, 0.5) is 4.39 Å². The van der Waals surface area contributed by atoms with Crippen molar-refractivity contribution in [3.63, 3.8) is 0 Å². The molecule has 0 radical (unpaired) electrons. The average Bonchev–Trinajstić information content (AvgIpc) is 2.34. The second kappa shape index (κ2) is 5.80. The fourth-order valence-electron chi connectivity index (χ4n) is 1.90. The van der Waals surface area contributed by atoms with Gasteiger partial charge in [0.05, 0.1) is 5.69 Å². The fourth-order valence-corrected chi connectivity index (χ4v) is 2.27. The van der Waals surface area contributed by atoms with Crippen LogP contribution in [0.3, 0.4) is 0 Å². The summed E-state index contributed by atoms with van der Waals surface area (Å²) >= 11 is 11.0. The van der Waals surface area contributed by atoms with Gasteiger partial charge in [0.1, 0.15) is 16.3 Å². The molecule has 0 saturated heterocycles. The predicted molar refractivity (Wildman–Crippen MR) is 78.6 cm³/mol. The summed E-state index contributed by atoms with van der Waals surface area (Å²) in [5.41, 5.74) is 1.92. The highest BCUT2D eigenvalue weighted by Gasteiger charge is 2.11. The smallest absolute Gasteiger partial charge is 0.134 e. The number of rotatable bonds is 3. The van der Waals surface area contributed by atoms with E-state index in [9.17, 15) is 4.39 Å². The Hall–Kier alpha value is -1.26. The minimum atomic E-state index is -0.366. The van der Waals surface area contributed by atoms with Crippen LogP contribution in [-0.2, 0) is 6.42 Å². The Morgan fingerprint density at radius 3 is 2.79 bits per heavy atom. The predicted octanol–water partition coefficient (Wildman–Crippen LogP) is 4.86. The SMILES string of the molecule is CCCc1nc(=S)c(C)c(-c2ccc(Cl)cc2F)[nH]1. The Morgan fingerprint density at radius 2 is 2.16 bits per heavy atom. The molecule has 100 valence electrons. The van der Waals surface area contributed by atoms with Crippen LogP contribution >= 0.6 is 23.8 Å². The molecule has 1 heterocycles. The Balaban J connectivity index is 2.63. The summed E-state index contributed by atoms with van der Waals surface area (Å²) < 4.78 is 14.5. The maximum absolute atomic E-state index is 14.0. The number of hydrogen-bond donors (Lipinski definition) is 1. The van der Waals surface area contributed by atoms with Gasteiger partial charge >= 0.3 is 0 Å². The average molecular weight is 297 g/mol. The lowest BCUT2D eigenvalue weighted by Crippen LogP contribution is -2.01. The van der Waals surface area contributed by atoms with Crippen molar-refractivity contribution in [3.8, 4) is 11.3 Å². The maximum Gasteiger partial charge on any atom is 0.134 e. The largest absolute Gasteiger partial charge is 0.343 e. The van der Waals surface area contributed by atoms with Crippen molar-refractivity contribution in [3.05, 3.63) is 45.1 Å². The van der Waals surface area contributed by atoms with E-state index in [4.69, 9.17) is 23.8 Å². The van der Waals surface area contributed by atoms with Crippen LogP contribution in [0, 0.1) is 17.4 Å². The summed E-state index contributed by atoms with van der Waals surface area (Å²) in [6.45, 7) is 3.89.